The number of rotatable bonds is 2. The van der Waals surface area contributed by atoms with Crippen LogP contribution in [0.1, 0.15) is 40.0 Å². The molecule has 1 rings (SSSR count). The summed E-state index contributed by atoms with van der Waals surface area (Å²) in [5, 5.41) is 0.692. The molecule has 0 saturated heterocycles. The van der Waals surface area contributed by atoms with E-state index in [9.17, 15) is 0 Å². The van der Waals surface area contributed by atoms with Crippen molar-refractivity contribution in [3.8, 4) is 0 Å². The van der Waals surface area contributed by atoms with Crippen molar-refractivity contribution in [2.45, 2.75) is 50.8 Å². The van der Waals surface area contributed by atoms with E-state index in [0.717, 1.165) is 6.42 Å². The molecular formula is C11H20Cl2. The maximum absolute atomic E-state index is 6.30. The van der Waals surface area contributed by atoms with Crippen molar-refractivity contribution in [1.82, 2.24) is 0 Å². The molecule has 0 aromatic heterocycles. The molecule has 4 atom stereocenters. The lowest BCUT2D eigenvalue weighted by atomic mass is 9.75. The normalized spacial score (nSPS) is 37.8. The maximum Gasteiger partial charge on any atom is 0.0366 e. The molecule has 0 nitrogen and oxygen atoms in total. The van der Waals surface area contributed by atoms with Gasteiger partial charge in [0.25, 0.3) is 0 Å². The molecule has 0 radical (unpaired) electrons. The third kappa shape index (κ3) is 3.02. The zero-order chi connectivity index (χ0) is 10.0. The van der Waals surface area contributed by atoms with Gasteiger partial charge in [-0.3, -0.25) is 0 Å². The van der Waals surface area contributed by atoms with Crippen LogP contribution < -0.4 is 0 Å². The van der Waals surface area contributed by atoms with Crippen LogP contribution in [0.2, 0.25) is 0 Å². The molecule has 1 aliphatic carbocycles. The van der Waals surface area contributed by atoms with E-state index in [1.807, 2.05) is 0 Å². The van der Waals surface area contributed by atoms with Gasteiger partial charge in [-0.15, -0.1) is 23.2 Å². The SMILES string of the molecule is CC(C)C1CC(C(C)Cl)CCC1Cl. The Kier molecular flexibility index (Phi) is 4.38. The first-order valence-corrected chi connectivity index (χ1v) is 6.17. The lowest BCUT2D eigenvalue weighted by Gasteiger charge is -2.36. The van der Waals surface area contributed by atoms with E-state index in [4.69, 9.17) is 23.2 Å². The van der Waals surface area contributed by atoms with Gasteiger partial charge in [-0.05, 0) is 43.9 Å². The Bertz CT molecular complexity index is 154. The maximum atomic E-state index is 6.30. The molecule has 0 heterocycles. The van der Waals surface area contributed by atoms with E-state index < -0.39 is 0 Å². The van der Waals surface area contributed by atoms with E-state index in [1.54, 1.807) is 0 Å². The monoisotopic (exact) mass is 222 g/mol. The summed E-state index contributed by atoms with van der Waals surface area (Å²) < 4.78 is 0. The van der Waals surface area contributed by atoms with Gasteiger partial charge in [-0.1, -0.05) is 13.8 Å². The Morgan fingerprint density at radius 2 is 1.77 bits per heavy atom. The summed E-state index contributed by atoms with van der Waals surface area (Å²) in [6, 6.07) is 0. The van der Waals surface area contributed by atoms with Crippen LogP contribution in [0.4, 0.5) is 0 Å². The fraction of sp³-hybridized carbons (Fsp3) is 1.00. The number of halogens is 2. The van der Waals surface area contributed by atoms with Gasteiger partial charge in [0.05, 0.1) is 0 Å². The average molecular weight is 223 g/mol. The molecule has 0 amide bonds. The topological polar surface area (TPSA) is 0 Å². The van der Waals surface area contributed by atoms with Crippen LogP contribution in [-0.4, -0.2) is 10.8 Å². The van der Waals surface area contributed by atoms with Crippen molar-refractivity contribution in [2.24, 2.45) is 17.8 Å². The third-order valence-electron chi connectivity index (χ3n) is 3.36. The molecule has 0 N–H and O–H groups in total. The molecule has 13 heavy (non-hydrogen) atoms. The number of hydrogen-bond donors (Lipinski definition) is 0. The predicted molar refractivity (Wildman–Crippen MR) is 60.6 cm³/mol. The first kappa shape index (κ1) is 11.7. The minimum absolute atomic E-state index is 0.311. The quantitative estimate of drug-likeness (QED) is 0.612. The minimum atomic E-state index is 0.311. The molecule has 1 fully saturated rings. The van der Waals surface area contributed by atoms with Crippen LogP contribution in [0.15, 0.2) is 0 Å². The van der Waals surface area contributed by atoms with Gasteiger partial charge in [-0.2, -0.15) is 0 Å². The molecular weight excluding hydrogens is 203 g/mol. The summed E-state index contributed by atoms with van der Waals surface area (Å²) in [4.78, 5) is 0. The largest absolute Gasteiger partial charge is 0.123 e. The number of alkyl halides is 2. The van der Waals surface area contributed by atoms with Crippen molar-refractivity contribution in [2.75, 3.05) is 0 Å². The van der Waals surface area contributed by atoms with Gasteiger partial charge >= 0.3 is 0 Å². The van der Waals surface area contributed by atoms with E-state index in [2.05, 4.69) is 20.8 Å². The van der Waals surface area contributed by atoms with Gasteiger partial charge in [0.1, 0.15) is 0 Å². The second kappa shape index (κ2) is 4.89. The van der Waals surface area contributed by atoms with Crippen LogP contribution in [0.25, 0.3) is 0 Å². The van der Waals surface area contributed by atoms with Crippen molar-refractivity contribution in [3.63, 3.8) is 0 Å². The summed E-state index contributed by atoms with van der Waals surface area (Å²) in [5.74, 6) is 2.05. The van der Waals surface area contributed by atoms with Crippen LogP contribution in [0.3, 0.4) is 0 Å². The lowest BCUT2D eigenvalue weighted by molar-refractivity contribution is 0.218. The predicted octanol–water partition coefficient (Wildman–Crippen LogP) is 4.29. The summed E-state index contributed by atoms with van der Waals surface area (Å²) in [7, 11) is 0. The van der Waals surface area contributed by atoms with Crippen molar-refractivity contribution in [1.29, 1.82) is 0 Å². The second-order valence-corrected chi connectivity index (χ2v) is 5.92. The zero-order valence-electron chi connectivity index (χ0n) is 8.76. The summed E-state index contributed by atoms with van der Waals surface area (Å²) in [6.45, 7) is 6.64. The number of hydrogen-bond acceptors (Lipinski definition) is 0. The Balaban J connectivity index is 2.53. The van der Waals surface area contributed by atoms with Gasteiger partial charge in [-0.25, -0.2) is 0 Å². The molecule has 0 aromatic rings. The van der Waals surface area contributed by atoms with Crippen LogP contribution in [0.5, 0.6) is 0 Å². The Morgan fingerprint density at radius 1 is 1.15 bits per heavy atom. The van der Waals surface area contributed by atoms with E-state index in [0.29, 0.717) is 28.5 Å². The average Bonchev–Trinajstić information content (AvgIpc) is 2.04. The molecule has 78 valence electrons. The van der Waals surface area contributed by atoms with Gasteiger partial charge in [0.15, 0.2) is 0 Å². The summed E-state index contributed by atoms with van der Waals surface area (Å²) >= 11 is 12.4. The van der Waals surface area contributed by atoms with E-state index in [1.165, 1.54) is 12.8 Å². The standard InChI is InChI=1S/C11H20Cl2/c1-7(2)10-6-9(8(3)12)4-5-11(10)13/h7-11H,4-6H2,1-3H3. The second-order valence-electron chi connectivity index (χ2n) is 4.67. The van der Waals surface area contributed by atoms with Gasteiger partial charge in [0, 0.05) is 10.8 Å². The highest BCUT2D eigenvalue weighted by Gasteiger charge is 2.32. The van der Waals surface area contributed by atoms with E-state index in [-0.39, 0.29) is 0 Å². The Labute approximate surface area is 92.0 Å². The van der Waals surface area contributed by atoms with Gasteiger partial charge < -0.3 is 0 Å². The summed E-state index contributed by atoms with van der Waals surface area (Å²) in [6.07, 6.45) is 3.57. The van der Waals surface area contributed by atoms with Crippen LogP contribution in [0, 0.1) is 17.8 Å². The molecule has 0 spiro atoms. The fourth-order valence-electron chi connectivity index (χ4n) is 2.31. The molecule has 0 aromatic carbocycles. The fourth-order valence-corrected chi connectivity index (χ4v) is 3.06. The van der Waals surface area contributed by atoms with E-state index >= 15 is 0 Å². The van der Waals surface area contributed by atoms with Gasteiger partial charge in [0.2, 0.25) is 0 Å². The van der Waals surface area contributed by atoms with Crippen LogP contribution in [-0.2, 0) is 0 Å². The molecule has 0 bridgehead atoms. The zero-order valence-corrected chi connectivity index (χ0v) is 10.3. The molecule has 0 aliphatic heterocycles. The smallest absolute Gasteiger partial charge is 0.0366 e. The lowest BCUT2D eigenvalue weighted by Crippen LogP contribution is -2.32. The molecule has 1 saturated carbocycles. The molecule has 4 unspecified atom stereocenters. The minimum Gasteiger partial charge on any atom is -0.123 e. The Morgan fingerprint density at radius 3 is 2.23 bits per heavy atom. The molecule has 1 aliphatic rings. The highest BCUT2D eigenvalue weighted by Crippen LogP contribution is 2.39. The highest BCUT2D eigenvalue weighted by molar-refractivity contribution is 6.21. The summed E-state index contributed by atoms with van der Waals surface area (Å²) in [5.41, 5.74) is 0. The highest BCUT2D eigenvalue weighted by atomic mass is 35.5. The Hall–Kier alpha value is 0.580. The van der Waals surface area contributed by atoms with Crippen LogP contribution >= 0.6 is 23.2 Å². The van der Waals surface area contributed by atoms with Crippen molar-refractivity contribution >= 4 is 23.2 Å². The van der Waals surface area contributed by atoms with Crippen molar-refractivity contribution < 1.29 is 0 Å². The third-order valence-corrected chi connectivity index (χ3v) is 4.26. The molecule has 2 heteroatoms. The first-order chi connectivity index (χ1) is 6.02. The first-order valence-electron chi connectivity index (χ1n) is 5.30. The van der Waals surface area contributed by atoms with Crippen molar-refractivity contribution in [3.05, 3.63) is 0 Å².